The summed E-state index contributed by atoms with van der Waals surface area (Å²) >= 11 is 1.26. The minimum atomic E-state index is -3.69. The monoisotopic (exact) mass is 378 g/mol. The van der Waals surface area contributed by atoms with E-state index < -0.39 is 10.1 Å². The van der Waals surface area contributed by atoms with Crippen molar-refractivity contribution in [3.63, 3.8) is 0 Å². The summed E-state index contributed by atoms with van der Waals surface area (Å²) in [4.78, 5) is 4.19. The highest BCUT2D eigenvalue weighted by molar-refractivity contribution is 8.00. The summed E-state index contributed by atoms with van der Waals surface area (Å²) in [6.45, 7) is 0. The van der Waals surface area contributed by atoms with Gasteiger partial charge in [-0.15, -0.1) is 0 Å². The lowest BCUT2D eigenvalue weighted by Crippen LogP contribution is -2.15. The number of rotatable bonds is 7. The summed E-state index contributed by atoms with van der Waals surface area (Å²) in [5, 5.41) is 0.584. The van der Waals surface area contributed by atoms with E-state index in [1.165, 1.54) is 23.9 Å². The van der Waals surface area contributed by atoms with Crippen molar-refractivity contribution in [1.82, 2.24) is 9.55 Å². The van der Waals surface area contributed by atoms with Gasteiger partial charge in [0.05, 0.1) is 11.4 Å². The van der Waals surface area contributed by atoms with Gasteiger partial charge < -0.3 is 4.18 Å². The van der Waals surface area contributed by atoms with Gasteiger partial charge in [-0.2, -0.15) is 8.42 Å². The van der Waals surface area contributed by atoms with Crippen LogP contribution in [0.15, 0.2) is 72.1 Å². The summed E-state index contributed by atoms with van der Waals surface area (Å²) in [5.41, 5.74) is 0.628. The number of benzene rings is 2. The lowest BCUT2D eigenvalue weighted by molar-refractivity contribution is 0.488. The molecule has 3 rings (SSSR count). The van der Waals surface area contributed by atoms with Gasteiger partial charge in [0.1, 0.15) is 11.6 Å². The predicted octanol–water partition coefficient (Wildman–Crippen LogP) is 3.51. The van der Waals surface area contributed by atoms with Crippen LogP contribution in [-0.4, -0.2) is 29.5 Å². The van der Waals surface area contributed by atoms with Crippen molar-refractivity contribution in [2.75, 3.05) is 11.5 Å². The van der Waals surface area contributed by atoms with Gasteiger partial charge in [-0.05, 0) is 30.3 Å². The maximum Gasteiger partial charge on any atom is 0.310 e. The Hall–Kier alpha value is -2.32. The number of nitrogens with zero attached hydrogens (tertiary/aromatic N) is 2. The molecule has 0 saturated heterocycles. The molecule has 130 valence electrons. The van der Waals surface area contributed by atoms with Crippen molar-refractivity contribution < 1.29 is 17.0 Å². The Morgan fingerprint density at radius 3 is 2.68 bits per heavy atom. The SMILES string of the molecule is O=S(=O)(CCSc1nccn1-c1cccc(F)c1)Oc1ccccc1. The van der Waals surface area contributed by atoms with Crippen molar-refractivity contribution in [3.05, 3.63) is 72.8 Å². The highest BCUT2D eigenvalue weighted by atomic mass is 32.2. The van der Waals surface area contributed by atoms with Crippen LogP contribution in [-0.2, 0) is 10.1 Å². The second kappa shape index (κ2) is 7.71. The third kappa shape index (κ3) is 4.83. The van der Waals surface area contributed by atoms with E-state index in [9.17, 15) is 12.8 Å². The van der Waals surface area contributed by atoms with E-state index in [1.54, 1.807) is 59.4 Å². The van der Waals surface area contributed by atoms with Crippen LogP contribution < -0.4 is 4.18 Å². The molecule has 0 N–H and O–H groups in total. The molecule has 0 unspecified atom stereocenters. The first-order chi connectivity index (χ1) is 12.0. The number of hydrogen-bond donors (Lipinski definition) is 0. The summed E-state index contributed by atoms with van der Waals surface area (Å²) in [7, 11) is -3.69. The molecule has 0 saturated carbocycles. The highest BCUT2D eigenvalue weighted by Gasteiger charge is 2.14. The molecule has 8 heteroatoms. The Labute approximate surface area is 149 Å². The van der Waals surface area contributed by atoms with Gasteiger partial charge in [-0.3, -0.25) is 4.57 Å². The molecular weight excluding hydrogens is 363 g/mol. The van der Waals surface area contributed by atoms with E-state index in [-0.39, 0.29) is 23.1 Å². The van der Waals surface area contributed by atoms with Gasteiger partial charge >= 0.3 is 10.1 Å². The fraction of sp³-hybridized carbons (Fsp3) is 0.118. The van der Waals surface area contributed by atoms with Gasteiger partial charge in [-0.25, -0.2) is 9.37 Å². The third-order valence-electron chi connectivity index (χ3n) is 3.22. The Balaban J connectivity index is 1.62. The van der Waals surface area contributed by atoms with Crippen molar-refractivity contribution in [1.29, 1.82) is 0 Å². The van der Waals surface area contributed by atoms with Gasteiger partial charge in [0, 0.05) is 18.1 Å². The molecule has 2 aromatic carbocycles. The van der Waals surface area contributed by atoms with Crippen LogP contribution >= 0.6 is 11.8 Å². The van der Waals surface area contributed by atoms with E-state index >= 15 is 0 Å². The molecule has 0 aliphatic heterocycles. The predicted molar refractivity (Wildman–Crippen MR) is 95.1 cm³/mol. The zero-order valence-electron chi connectivity index (χ0n) is 13.1. The van der Waals surface area contributed by atoms with E-state index in [2.05, 4.69) is 4.98 Å². The molecule has 0 amide bonds. The molecule has 3 aromatic rings. The van der Waals surface area contributed by atoms with Crippen molar-refractivity contribution in [3.8, 4) is 11.4 Å². The topological polar surface area (TPSA) is 61.2 Å². The molecule has 0 aliphatic carbocycles. The van der Waals surface area contributed by atoms with Crippen molar-refractivity contribution in [2.24, 2.45) is 0 Å². The van der Waals surface area contributed by atoms with Crippen LogP contribution in [0, 0.1) is 5.82 Å². The molecule has 0 radical (unpaired) electrons. The average molecular weight is 378 g/mol. The second-order valence-corrected chi connectivity index (χ2v) is 7.82. The van der Waals surface area contributed by atoms with Gasteiger partial charge in [0.15, 0.2) is 5.16 Å². The van der Waals surface area contributed by atoms with Crippen molar-refractivity contribution in [2.45, 2.75) is 5.16 Å². The maximum atomic E-state index is 13.4. The molecule has 0 bridgehead atoms. The van der Waals surface area contributed by atoms with E-state index in [1.807, 2.05) is 0 Å². The number of thioether (sulfide) groups is 1. The summed E-state index contributed by atoms with van der Waals surface area (Å²) in [6, 6.07) is 14.5. The van der Waals surface area contributed by atoms with Gasteiger partial charge in [-0.1, -0.05) is 36.0 Å². The van der Waals surface area contributed by atoms with E-state index in [0.717, 1.165) is 0 Å². The second-order valence-electron chi connectivity index (χ2n) is 5.07. The highest BCUT2D eigenvalue weighted by Crippen LogP contribution is 2.21. The Kier molecular flexibility index (Phi) is 5.40. The minimum absolute atomic E-state index is 0.164. The number of imidazole rings is 1. The fourth-order valence-electron chi connectivity index (χ4n) is 2.12. The smallest absolute Gasteiger partial charge is 0.310 e. The molecule has 25 heavy (non-hydrogen) atoms. The standard InChI is InChI=1S/C17H15FN2O3S2/c18-14-5-4-6-15(13-14)20-10-9-19-17(20)24-11-12-25(21,22)23-16-7-2-1-3-8-16/h1-10,13H,11-12H2. The van der Waals surface area contributed by atoms with Gasteiger partial charge in [0.25, 0.3) is 0 Å². The maximum absolute atomic E-state index is 13.4. The first-order valence-electron chi connectivity index (χ1n) is 7.43. The number of halogens is 1. The molecule has 5 nitrogen and oxygen atoms in total. The van der Waals surface area contributed by atoms with Crippen LogP contribution in [0.25, 0.3) is 5.69 Å². The zero-order valence-corrected chi connectivity index (χ0v) is 14.7. The number of aromatic nitrogens is 2. The Morgan fingerprint density at radius 1 is 1.12 bits per heavy atom. The largest absolute Gasteiger partial charge is 0.382 e. The molecule has 0 spiro atoms. The van der Waals surface area contributed by atoms with Crippen LogP contribution in [0.5, 0.6) is 5.75 Å². The van der Waals surface area contributed by atoms with Crippen LogP contribution in [0.1, 0.15) is 0 Å². The van der Waals surface area contributed by atoms with E-state index in [0.29, 0.717) is 10.8 Å². The quantitative estimate of drug-likeness (QED) is 0.465. The summed E-state index contributed by atoms with van der Waals surface area (Å²) in [5.74, 6) is 0.0408. The van der Waals surface area contributed by atoms with Gasteiger partial charge in [0.2, 0.25) is 0 Å². The average Bonchev–Trinajstić information content (AvgIpc) is 3.03. The fourth-order valence-corrected chi connectivity index (χ4v) is 4.38. The molecular formula is C17H15FN2O3S2. The number of para-hydroxylation sites is 1. The van der Waals surface area contributed by atoms with Crippen LogP contribution in [0.4, 0.5) is 4.39 Å². The first-order valence-corrected chi connectivity index (χ1v) is 9.99. The lowest BCUT2D eigenvalue weighted by atomic mass is 10.3. The first kappa shape index (κ1) is 17.5. The van der Waals surface area contributed by atoms with E-state index in [4.69, 9.17) is 4.18 Å². The van der Waals surface area contributed by atoms with Crippen LogP contribution in [0.2, 0.25) is 0 Å². The van der Waals surface area contributed by atoms with Crippen molar-refractivity contribution >= 4 is 21.9 Å². The lowest BCUT2D eigenvalue weighted by Gasteiger charge is -2.08. The normalized spacial score (nSPS) is 11.4. The zero-order chi connectivity index (χ0) is 17.7. The molecule has 0 aliphatic rings. The molecule has 1 heterocycles. The third-order valence-corrected chi connectivity index (χ3v) is 5.60. The Morgan fingerprint density at radius 2 is 1.92 bits per heavy atom. The molecule has 0 atom stereocenters. The Bertz CT molecular complexity index is 943. The van der Waals surface area contributed by atoms with Crippen LogP contribution in [0.3, 0.4) is 0 Å². The summed E-state index contributed by atoms with van der Waals surface area (Å²) < 4.78 is 44.1. The minimum Gasteiger partial charge on any atom is -0.382 e. The summed E-state index contributed by atoms with van der Waals surface area (Å²) in [6.07, 6.45) is 3.29. The number of hydrogen-bond acceptors (Lipinski definition) is 5. The molecule has 1 aromatic heterocycles. The molecule has 0 fully saturated rings.